The molecule has 2 fully saturated rings. The van der Waals surface area contributed by atoms with Crippen molar-refractivity contribution in [2.24, 2.45) is 11.8 Å². The Balaban J connectivity index is 1.69. The molecule has 0 spiro atoms. The molecule has 3 amide bonds. The first-order valence-electron chi connectivity index (χ1n) is 10.5. The van der Waals surface area contributed by atoms with Crippen LogP contribution in [0.4, 0.5) is 4.79 Å². The minimum atomic E-state index is -0.110. The summed E-state index contributed by atoms with van der Waals surface area (Å²) in [6, 6.07) is 8.37. The Morgan fingerprint density at radius 3 is 2.67 bits per heavy atom. The monoisotopic (exact) mass is 371 g/mol. The van der Waals surface area contributed by atoms with E-state index in [1.54, 1.807) is 0 Å². The highest BCUT2D eigenvalue weighted by atomic mass is 16.2. The van der Waals surface area contributed by atoms with Gasteiger partial charge >= 0.3 is 6.03 Å². The summed E-state index contributed by atoms with van der Waals surface area (Å²) in [5, 5.41) is 6.14. The van der Waals surface area contributed by atoms with Gasteiger partial charge in [0, 0.05) is 19.6 Å². The fraction of sp³-hybridized carbons (Fsp3) is 0.636. The highest BCUT2D eigenvalue weighted by molar-refractivity contribution is 5.81. The van der Waals surface area contributed by atoms with Gasteiger partial charge in [-0.1, -0.05) is 43.2 Å². The topological polar surface area (TPSA) is 61.4 Å². The predicted octanol–water partition coefficient (Wildman–Crippen LogP) is 3.78. The van der Waals surface area contributed by atoms with Gasteiger partial charge in [-0.15, -0.1) is 0 Å². The van der Waals surface area contributed by atoms with E-state index in [0.29, 0.717) is 19.0 Å². The highest BCUT2D eigenvalue weighted by Crippen LogP contribution is 2.34. The molecule has 27 heavy (non-hydrogen) atoms. The van der Waals surface area contributed by atoms with Crippen molar-refractivity contribution in [3.8, 4) is 0 Å². The van der Waals surface area contributed by atoms with Crippen LogP contribution in [-0.2, 0) is 4.79 Å². The van der Waals surface area contributed by atoms with Crippen LogP contribution in [0.1, 0.15) is 62.6 Å². The molecule has 0 bridgehead atoms. The van der Waals surface area contributed by atoms with Gasteiger partial charge in [0.1, 0.15) is 0 Å². The van der Waals surface area contributed by atoms with Gasteiger partial charge in [-0.05, 0) is 50.5 Å². The third-order valence-corrected chi connectivity index (χ3v) is 5.71. The number of piperidine rings is 1. The molecule has 2 aliphatic rings. The lowest BCUT2D eigenvalue weighted by Crippen LogP contribution is -2.50. The number of nitrogens with zero attached hydrogens (tertiary/aromatic N) is 1. The molecule has 0 radical (unpaired) electrons. The number of hydrogen-bond donors (Lipinski definition) is 2. The molecule has 1 aliphatic heterocycles. The molecule has 1 saturated carbocycles. The number of likely N-dealkylation sites (tertiary alicyclic amines) is 1. The first kappa shape index (κ1) is 19.7. The minimum Gasteiger partial charge on any atom is -0.356 e. The van der Waals surface area contributed by atoms with Gasteiger partial charge in [0.15, 0.2) is 0 Å². The smallest absolute Gasteiger partial charge is 0.317 e. The van der Waals surface area contributed by atoms with E-state index >= 15 is 0 Å². The second-order valence-corrected chi connectivity index (χ2v) is 8.13. The van der Waals surface area contributed by atoms with Crippen molar-refractivity contribution >= 4 is 11.9 Å². The Morgan fingerprint density at radius 1 is 1.15 bits per heavy atom. The van der Waals surface area contributed by atoms with Gasteiger partial charge in [0.05, 0.1) is 12.0 Å². The van der Waals surface area contributed by atoms with Crippen LogP contribution in [0.5, 0.6) is 0 Å². The van der Waals surface area contributed by atoms with Gasteiger partial charge in [-0.25, -0.2) is 4.79 Å². The largest absolute Gasteiger partial charge is 0.356 e. The van der Waals surface area contributed by atoms with Crippen LogP contribution in [0.25, 0.3) is 0 Å². The number of hydrogen-bond acceptors (Lipinski definition) is 2. The molecule has 2 unspecified atom stereocenters. The summed E-state index contributed by atoms with van der Waals surface area (Å²) in [7, 11) is 0. The van der Waals surface area contributed by atoms with Gasteiger partial charge in [0.25, 0.3) is 0 Å². The highest BCUT2D eigenvalue weighted by Gasteiger charge is 2.36. The maximum atomic E-state index is 12.9. The number of rotatable bonds is 7. The summed E-state index contributed by atoms with van der Waals surface area (Å²) in [5.74, 6) is 0.670. The van der Waals surface area contributed by atoms with Crippen LogP contribution in [0, 0.1) is 18.8 Å². The number of aryl methyl sites for hydroxylation is 1. The second kappa shape index (κ2) is 9.25. The van der Waals surface area contributed by atoms with Crippen molar-refractivity contribution < 1.29 is 9.59 Å². The first-order valence-corrected chi connectivity index (χ1v) is 10.5. The second-order valence-electron chi connectivity index (χ2n) is 8.13. The van der Waals surface area contributed by atoms with Gasteiger partial charge in [-0.3, -0.25) is 4.79 Å². The molecule has 1 aliphatic carbocycles. The maximum absolute atomic E-state index is 12.9. The molecule has 148 valence electrons. The Hall–Kier alpha value is -2.04. The summed E-state index contributed by atoms with van der Waals surface area (Å²) >= 11 is 0. The Labute approximate surface area is 162 Å². The third kappa shape index (κ3) is 5.47. The summed E-state index contributed by atoms with van der Waals surface area (Å²) in [4.78, 5) is 27.3. The molecule has 3 rings (SSSR count). The number of amides is 3. The molecule has 1 aromatic rings. The minimum absolute atomic E-state index is 0.0407. The number of carbonyl (C=O) groups excluding carboxylic acids is 2. The standard InChI is InChI=1S/C22H33N3O2/c1-3-4-12-23-22(27)25-15-19(21(26)24-14-17-8-9-17)10-11-20(25)18-7-5-6-16(2)13-18/h5-7,13,17,19-20H,3-4,8-12,14-15H2,1-2H3,(H,23,27)(H,24,26). The predicted molar refractivity (Wildman–Crippen MR) is 107 cm³/mol. The van der Waals surface area contributed by atoms with Crippen molar-refractivity contribution in [1.29, 1.82) is 0 Å². The van der Waals surface area contributed by atoms with Crippen molar-refractivity contribution in [3.63, 3.8) is 0 Å². The van der Waals surface area contributed by atoms with Crippen molar-refractivity contribution in [3.05, 3.63) is 35.4 Å². The van der Waals surface area contributed by atoms with E-state index in [0.717, 1.165) is 37.8 Å². The molecule has 2 N–H and O–H groups in total. The van der Waals surface area contributed by atoms with Crippen LogP contribution in [0.15, 0.2) is 24.3 Å². The number of urea groups is 1. The average Bonchev–Trinajstić information content (AvgIpc) is 3.50. The van der Waals surface area contributed by atoms with E-state index in [1.807, 2.05) is 11.0 Å². The Kier molecular flexibility index (Phi) is 6.75. The molecular formula is C22H33N3O2. The molecule has 5 nitrogen and oxygen atoms in total. The number of benzene rings is 1. The zero-order chi connectivity index (χ0) is 19.2. The van der Waals surface area contributed by atoms with E-state index in [9.17, 15) is 9.59 Å². The van der Waals surface area contributed by atoms with Crippen LogP contribution < -0.4 is 10.6 Å². The van der Waals surface area contributed by atoms with Crippen molar-refractivity contribution in [2.45, 2.75) is 58.4 Å². The summed E-state index contributed by atoms with van der Waals surface area (Å²) in [6.45, 7) is 6.16. The molecule has 0 aromatic heterocycles. The molecule has 5 heteroatoms. The Bertz CT molecular complexity index is 657. The van der Waals surface area contributed by atoms with E-state index in [1.165, 1.54) is 18.4 Å². The fourth-order valence-electron chi connectivity index (χ4n) is 3.82. The third-order valence-electron chi connectivity index (χ3n) is 5.71. The SMILES string of the molecule is CCCCNC(=O)N1CC(C(=O)NCC2CC2)CCC1c1cccc(C)c1. The van der Waals surface area contributed by atoms with E-state index in [2.05, 4.69) is 42.7 Å². The van der Waals surface area contributed by atoms with E-state index < -0.39 is 0 Å². The normalized spacial score (nSPS) is 22.4. The lowest BCUT2D eigenvalue weighted by Gasteiger charge is -2.39. The zero-order valence-corrected chi connectivity index (χ0v) is 16.7. The number of carbonyl (C=O) groups is 2. The van der Waals surface area contributed by atoms with Crippen molar-refractivity contribution in [2.75, 3.05) is 19.6 Å². The average molecular weight is 372 g/mol. The first-order chi connectivity index (χ1) is 13.1. The van der Waals surface area contributed by atoms with E-state index in [4.69, 9.17) is 0 Å². The molecule has 1 aromatic carbocycles. The van der Waals surface area contributed by atoms with Crippen LogP contribution in [0.2, 0.25) is 0 Å². The number of nitrogens with one attached hydrogen (secondary N) is 2. The summed E-state index contributed by atoms with van der Waals surface area (Å²) in [6.07, 6.45) is 6.13. The molecular weight excluding hydrogens is 338 g/mol. The van der Waals surface area contributed by atoms with Gasteiger partial charge < -0.3 is 15.5 Å². The van der Waals surface area contributed by atoms with Crippen molar-refractivity contribution in [1.82, 2.24) is 15.5 Å². The quantitative estimate of drug-likeness (QED) is 0.717. The zero-order valence-electron chi connectivity index (χ0n) is 16.7. The summed E-state index contributed by atoms with van der Waals surface area (Å²) in [5.41, 5.74) is 2.36. The van der Waals surface area contributed by atoms with Gasteiger partial charge in [-0.2, -0.15) is 0 Å². The lowest BCUT2D eigenvalue weighted by atomic mass is 9.88. The van der Waals surface area contributed by atoms with Gasteiger partial charge in [0.2, 0.25) is 5.91 Å². The maximum Gasteiger partial charge on any atom is 0.317 e. The molecule has 1 saturated heterocycles. The number of unbranched alkanes of at least 4 members (excludes halogenated alkanes) is 1. The summed E-state index contributed by atoms with van der Waals surface area (Å²) < 4.78 is 0. The van der Waals surface area contributed by atoms with Crippen LogP contribution in [-0.4, -0.2) is 36.5 Å². The fourth-order valence-corrected chi connectivity index (χ4v) is 3.82. The Morgan fingerprint density at radius 2 is 1.96 bits per heavy atom. The molecule has 2 atom stereocenters. The molecule has 1 heterocycles. The van der Waals surface area contributed by atoms with E-state index in [-0.39, 0.29) is 23.9 Å². The van der Waals surface area contributed by atoms with Crippen LogP contribution >= 0.6 is 0 Å². The van der Waals surface area contributed by atoms with Crippen LogP contribution in [0.3, 0.4) is 0 Å². The lowest BCUT2D eigenvalue weighted by molar-refractivity contribution is -0.126.